The van der Waals surface area contributed by atoms with Crippen molar-refractivity contribution in [3.8, 4) is 5.75 Å². The molecule has 1 aliphatic carbocycles. The van der Waals surface area contributed by atoms with Gasteiger partial charge in [-0.25, -0.2) is 0 Å². The topological polar surface area (TPSA) is 59.9 Å². The van der Waals surface area contributed by atoms with Crippen LogP contribution in [0.3, 0.4) is 0 Å². The second-order valence-corrected chi connectivity index (χ2v) is 6.07. The fraction of sp³-hybridized carbons (Fsp3) is 0.524. The van der Waals surface area contributed by atoms with E-state index in [2.05, 4.69) is 22.8 Å². The van der Waals surface area contributed by atoms with Crippen molar-refractivity contribution in [3.05, 3.63) is 58.0 Å². The van der Waals surface area contributed by atoms with Crippen LogP contribution in [-0.2, 0) is 17.7 Å². The Balaban J connectivity index is 0.00000163. The molecule has 1 unspecified atom stereocenters. The highest BCUT2D eigenvalue weighted by Crippen LogP contribution is 2.26. The van der Waals surface area contributed by atoms with Crippen molar-refractivity contribution in [2.24, 2.45) is 5.34 Å². The Bertz CT molecular complexity index is 597. The summed E-state index contributed by atoms with van der Waals surface area (Å²) in [6.45, 7) is 9.53. The molecule has 26 heavy (non-hydrogen) atoms. The molecule has 0 amide bonds. The van der Waals surface area contributed by atoms with E-state index in [1.54, 1.807) is 0 Å². The first-order valence-corrected chi connectivity index (χ1v) is 9.45. The van der Waals surface area contributed by atoms with Gasteiger partial charge in [0.15, 0.2) is 11.4 Å². The maximum Gasteiger partial charge on any atom is 0.176 e. The van der Waals surface area contributed by atoms with Crippen molar-refractivity contribution in [2.75, 3.05) is 19.7 Å². The highest BCUT2D eigenvalue weighted by atomic mass is 16.7. The molecular formula is C21H32N2O3. The molecule has 1 atom stereocenters. The molecule has 0 heterocycles. The van der Waals surface area contributed by atoms with Crippen LogP contribution in [0.2, 0.25) is 0 Å². The SMILES string of the molecule is C/C=C\C=C(/C)CNCC(COc1ccc2c(c1)CCC2)ON=O.CC. The Hall–Kier alpha value is -2.14. The lowest BCUT2D eigenvalue weighted by Crippen LogP contribution is -2.33. The van der Waals surface area contributed by atoms with E-state index in [4.69, 9.17) is 9.57 Å². The van der Waals surface area contributed by atoms with Gasteiger partial charge >= 0.3 is 0 Å². The van der Waals surface area contributed by atoms with Crippen LogP contribution in [0, 0.1) is 4.91 Å². The third kappa shape index (κ3) is 7.83. The maximum absolute atomic E-state index is 10.4. The van der Waals surface area contributed by atoms with Gasteiger partial charge < -0.3 is 14.9 Å². The zero-order valence-corrected chi connectivity index (χ0v) is 16.5. The number of fused-ring (bicyclic) bond motifs is 1. The van der Waals surface area contributed by atoms with Crippen molar-refractivity contribution in [2.45, 2.75) is 53.1 Å². The third-order valence-electron chi connectivity index (χ3n) is 4.05. The number of hydrogen-bond donors (Lipinski definition) is 1. The molecule has 5 heteroatoms. The summed E-state index contributed by atoms with van der Waals surface area (Å²) in [5, 5.41) is 5.81. The lowest BCUT2D eigenvalue weighted by molar-refractivity contribution is 0.0222. The van der Waals surface area contributed by atoms with Gasteiger partial charge in [-0.3, -0.25) is 0 Å². The molecule has 1 aromatic carbocycles. The summed E-state index contributed by atoms with van der Waals surface area (Å²) in [5.74, 6) is 0.819. The van der Waals surface area contributed by atoms with E-state index in [1.165, 1.54) is 23.1 Å². The van der Waals surface area contributed by atoms with Gasteiger partial charge in [-0.15, -0.1) is 4.91 Å². The first-order valence-electron chi connectivity index (χ1n) is 9.45. The van der Waals surface area contributed by atoms with E-state index in [1.807, 2.05) is 52.0 Å². The first kappa shape index (κ1) is 21.9. The highest BCUT2D eigenvalue weighted by Gasteiger charge is 2.14. The molecule has 0 saturated carbocycles. The average Bonchev–Trinajstić information content (AvgIpc) is 3.14. The number of ether oxygens (including phenoxy) is 1. The molecule has 0 saturated heterocycles. The third-order valence-corrected chi connectivity index (χ3v) is 4.05. The van der Waals surface area contributed by atoms with Crippen LogP contribution in [0.4, 0.5) is 0 Å². The lowest BCUT2D eigenvalue weighted by atomic mass is 10.1. The molecule has 0 aromatic heterocycles. The van der Waals surface area contributed by atoms with Crippen LogP contribution in [-0.4, -0.2) is 25.8 Å². The number of hydrogen-bond acceptors (Lipinski definition) is 5. The highest BCUT2D eigenvalue weighted by molar-refractivity contribution is 5.38. The van der Waals surface area contributed by atoms with Crippen molar-refractivity contribution < 1.29 is 9.57 Å². The first-order chi connectivity index (χ1) is 12.7. The van der Waals surface area contributed by atoms with E-state index in [-0.39, 0.29) is 6.61 Å². The minimum absolute atomic E-state index is 0.287. The van der Waals surface area contributed by atoms with Crippen LogP contribution < -0.4 is 10.1 Å². The van der Waals surface area contributed by atoms with Gasteiger partial charge in [0.05, 0.1) is 0 Å². The average molecular weight is 360 g/mol. The van der Waals surface area contributed by atoms with Gasteiger partial charge in [0.1, 0.15) is 12.4 Å². The number of nitrogens with one attached hydrogen (secondary N) is 1. The molecule has 144 valence electrons. The van der Waals surface area contributed by atoms with Crippen molar-refractivity contribution in [3.63, 3.8) is 0 Å². The smallest absolute Gasteiger partial charge is 0.176 e. The number of allylic oxidation sites excluding steroid dienone is 3. The zero-order chi connectivity index (χ0) is 19.2. The fourth-order valence-electron chi connectivity index (χ4n) is 2.76. The lowest BCUT2D eigenvalue weighted by Gasteiger charge is -2.16. The Morgan fingerprint density at radius 2 is 2.08 bits per heavy atom. The van der Waals surface area contributed by atoms with Crippen LogP contribution >= 0.6 is 0 Å². The van der Waals surface area contributed by atoms with Gasteiger partial charge in [0, 0.05) is 13.1 Å². The van der Waals surface area contributed by atoms with E-state index < -0.39 is 6.10 Å². The molecule has 2 rings (SSSR count). The molecule has 1 aliphatic rings. The molecule has 5 nitrogen and oxygen atoms in total. The second kappa shape index (κ2) is 13.1. The van der Waals surface area contributed by atoms with Crippen LogP contribution in [0.15, 0.2) is 47.3 Å². The summed E-state index contributed by atoms with van der Waals surface area (Å²) in [6, 6.07) is 6.19. The molecule has 1 N–H and O–H groups in total. The normalized spacial score (nSPS) is 14.4. The quantitative estimate of drug-likeness (QED) is 0.371. The van der Waals surface area contributed by atoms with E-state index in [0.717, 1.165) is 25.1 Å². The summed E-state index contributed by atoms with van der Waals surface area (Å²) in [4.78, 5) is 15.3. The summed E-state index contributed by atoms with van der Waals surface area (Å²) < 4.78 is 5.78. The second-order valence-electron chi connectivity index (χ2n) is 6.07. The Morgan fingerprint density at radius 1 is 1.31 bits per heavy atom. The fourth-order valence-corrected chi connectivity index (χ4v) is 2.76. The largest absolute Gasteiger partial charge is 0.490 e. The standard InChI is InChI=1S/C19H26N2O3.C2H6/c1-3-4-6-15(2)12-20-13-19(24-21-22)14-23-18-10-9-16-7-5-8-17(16)11-18;1-2/h3-4,6,9-11,19-20H,5,7-8,12-14H2,1-2H3;1-2H3/b4-3-,15-6+;. The summed E-state index contributed by atoms with van der Waals surface area (Å²) in [5.41, 5.74) is 3.97. The molecular weight excluding hydrogens is 328 g/mol. The van der Waals surface area contributed by atoms with Crippen molar-refractivity contribution >= 4 is 0 Å². The van der Waals surface area contributed by atoms with Gasteiger partial charge in [-0.2, -0.15) is 0 Å². The van der Waals surface area contributed by atoms with E-state index in [0.29, 0.717) is 6.54 Å². The van der Waals surface area contributed by atoms with Gasteiger partial charge in [-0.1, -0.05) is 43.7 Å². The molecule has 1 aromatic rings. The van der Waals surface area contributed by atoms with Gasteiger partial charge in [0.25, 0.3) is 0 Å². The van der Waals surface area contributed by atoms with Crippen molar-refractivity contribution in [1.29, 1.82) is 0 Å². The van der Waals surface area contributed by atoms with Crippen LogP contribution in [0.5, 0.6) is 5.75 Å². The van der Waals surface area contributed by atoms with E-state index >= 15 is 0 Å². The molecule has 0 bridgehead atoms. The minimum atomic E-state index is -0.412. The van der Waals surface area contributed by atoms with E-state index in [9.17, 15) is 4.91 Å². The minimum Gasteiger partial charge on any atom is -0.490 e. The summed E-state index contributed by atoms with van der Waals surface area (Å²) in [6.07, 6.45) is 9.09. The Labute approximate surface area is 157 Å². The predicted molar refractivity (Wildman–Crippen MR) is 107 cm³/mol. The number of aryl methyl sites for hydroxylation is 2. The maximum atomic E-state index is 10.4. The zero-order valence-electron chi connectivity index (χ0n) is 16.5. The number of nitrogens with zero attached hydrogens (tertiary/aromatic N) is 1. The Morgan fingerprint density at radius 3 is 2.81 bits per heavy atom. The number of benzene rings is 1. The van der Waals surface area contributed by atoms with Crippen molar-refractivity contribution in [1.82, 2.24) is 5.32 Å². The molecule has 0 fully saturated rings. The van der Waals surface area contributed by atoms with Crippen LogP contribution in [0.25, 0.3) is 0 Å². The Kier molecular flexibility index (Phi) is 11.0. The molecule has 0 radical (unpaired) electrons. The molecule has 0 aliphatic heterocycles. The molecule has 0 spiro atoms. The number of rotatable bonds is 10. The monoisotopic (exact) mass is 360 g/mol. The van der Waals surface area contributed by atoms with Crippen LogP contribution in [0.1, 0.15) is 45.2 Å². The predicted octanol–water partition coefficient (Wildman–Crippen LogP) is 4.76. The van der Waals surface area contributed by atoms with Gasteiger partial charge in [-0.05, 0) is 56.4 Å². The summed E-state index contributed by atoms with van der Waals surface area (Å²) in [7, 11) is 0. The van der Waals surface area contributed by atoms with Gasteiger partial charge in [0.2, 0.25) is 0 Å². The summed E-state index contributed by atoms with van der Waals surface area (Å²) >= 11 is 0.